The summed E-state index contributed by atoms with van der Waals surface area (Å²) in [4.78, 5) is 23.4. The van der Waals surface area contributed by atoms with E-state index in [1.807, 2.05) is 38.1 Å². The molecule has 1 aromatic carbocycles. The Morgan fingerprint density at radius 3 is 2.50 bits per heavy atom. The third-order valence-corrected chi connectivity index (χ3v) is 4.15. The Morgan fingerprint density at radius 1 is 1.25 bits per heavy atom. The van der Waals surface area contributed by atoms with E-state index in [0.29, 0.717) is 18.3 Å². The summed E-state index contributed by atoms with van der Waals surface area (Å²) in [6, 6.07) is 7.75. The molecular weight excluding hydrogens is 306 g/mol. The number of benzene rings is 1. The predicted octanol–water partition coefficient (Wildman–Crippen LogP) is 0.986. The molecule has 132 valence electrons. The third kappa shape index (κ3) is 6.20. The van der Waals surface area contributed by atoms with E-state index in [1.165, 1.54) is 0 Å². The molecule has 6 nitrogen and oxygen atoms in total. The summed E-state index contributed by atoms with van der Waals surface area (Å²) in [7, 11) is 0. The van der Waals surface area contributed by atoms with Crippen LogP contribution in [0.25, 0.3) is 0 Å². The van der Waals surface area contributed by atoms with Gasteiger partial charge in [-0.15, -0.1) is 0 Å². The Kier molecular flexibility index (Phi) is 6.61. The van der Waals surface area contributed by atoms with Gasteiger partial charge in [-0.1, -0.05) is 19.1 Å². The molecule has 2 unspecified atom stereocenters. The standard InChI is InChI=1S/C18H27N3O3/c1-12(13(2)19)18(23)20-10-9-14-3-7-16(8-4-14)24-11-17(22)21-15-5-6-15/h3-4,7-8,12-13,15H,5-6,9-11,19H2,1-2H3,(H,20,23)(H,21,22). The first-order chi connectivity index (χ1) is 11.5. The summed E-state index contributed by atoms with van der Waals surface area (Å²) < 4.78 is 5.46. The molecule has 2 amide bonds. The largest absolute Gasteiger partial charge is 0.484 e. The minimum atomic E-state index is -0.192. The molecule has 1 saturated carbocycles. The predicted molar refractivity (Wildman–Crippen MR) is 92.6 cm³/mol. The van der Waals surface area contributed by atoms with Crippen LogP contribution in [0.3, 0.4) is 0 Å². The second-order valence-corrected chi connectivity index (χ2v) is 6.46. The second kappa shape index (κ2) is 8.68. The van der Waals surface area contributed by atoms with Crippen LogP contribution in [-0.4, -0.2) is 37.0 Å². The summed E-state index contributed by atoms with van der Waals surface area (Å²) in [5.74, 6) is 0.376. The number of rotatable bonds is 9. The minimum Gasteiger partial charge on any atom is -0.484 e. The first kappa shape index (κ1) is 18.3. The van der Waals surface area contributed by atoms with Gasteiger partial charge in [0, 0.05) is 24.5 Å². The van der Waals surface area contributed by atoms with Crippen LogP contribution in [0.15, 0.2) is 24.3 Å². The van der Waals surface area contributed by atoms with Crippen LogP contribution >= 0.6 is 0 Å². The van der Waals surface area contributed by atoms with E-state index in [1.54, 1.807) is 0 Å². The molecule has 6 heteroatoms. The average Bonchev–Trinajstić information content (AvgIpc) is 3.37. The fourth-order valence-electron chi connectivity index (χ4n) is 2.13. The van der Waals surface area contributed by atoms with Crippen LogP contribution in [0.2, 0.25) is 0 Å². The van der Waals surface area contributed by atoms with Crippen LogP contribution in [0, 0.1) is 5.92 Å². The van der Waals surface area contributed by atoms with Gasteiger partial charge in [-0.3, -0.25) is 9.59 Å². The quantitative estimate of drug-likeness (QED) is 0.628. The van der Waals surface area contributed by atoms with Crippen molar-refractivity contribution in [2.75, 3.05) is 13.2 Å². The molecule has 2 atom stereocenters. The van der Waals surface area contributed by atoms with Crippen LogP contribution in [-0.2, 0) is 16.0 Å². The number of ether oxygens (including phenoxy) is 1. The van der Waals surface area contributed by atoms with Crippen molar-refractivity contribution in [3.8, 4) is 5.75 Å². The fourth-order valence-corrected chi connectivity index (χ4v) is 2.13. The van der Waals surface area contributed by atoms with Crippen LogP contribution in [0.4, 0.5) is 0 Å². The lowest BCUT2D eigenvalue weighted by molar-refractivity contribution is -0.125. The Balaban J connectivity index is 1.67. The van der Waals surface area contributed by atoms with E-state index in [9.17, 15) is 9.59 Å². The lowest BCUT2D eigenvalue weighted by atomic mass is 10.0. The zero-order chi connectivity index (χ0) is 17.5. The number of carbonyl (C=O) groups excluding carboxylic acids is 2. The van der Waals surface area contributed by atoms with Gasteiger partial charge in [0.05, 0.1) is 0 Å². The van der Waals surface area contributed by atoms with Crippen molar-refractivity contribution in [2.45, 2.75) is 45.2 Å². The van der Waals surface area contributed by atoms with Gasteiger partial charge in [0.15, 0.2) is 6.61 Å². The number of hydrogen-bond donors (Lipinski definition) is 3. The highest BCUT2D eigenvalue weighted by Gasteiger charge is 2.23. The topological polar surface area (TPSA) is 93.5 Å². The van der Waals surface area contributed by atoms with Gasteiger partial charge in [0.25, 0.3) is 5.91 Å². The molecule has 0 aromatic heterocycles. The second-order valence-electron chi connectivity index (χ2n) is 6.46. The highest BCUT2D eigenvalue weighted by molar-refractivity contribution is 5.79. The molecule has 1 aliphatic carbocycles. The molecule has 4 N–H and O–H groups in total. The van der Waals surface area contributed by atoms with E-state index in [0.717, 1.165) is 24.8 Å². The summed E-state index contributed by atoms with van der Waals surface area (Å²) >= 11 is 0. The van der Waals surface area contributed by atoms with Gasteiger partial charge in [-0.2, -0.15) is 0 Å². The first-order valence-electron chi connectivity index (χ1n) is 8.50. The van der Waals surface area contributed by atoms with Crippen molar-refractivity contribution in [3.05, 3.63) is 29.8 Å². The van der Waals surface area contributed by atoms with Crippen molar-refractivity contribution < 1.29 is 14.3 Å². The maximum atomic E-state index is 11.8. The van der Waals surface area contributed by atoms with E-state index >= 15 is 0 Å². The lowest BCUT2D eigenvalue weighted by Crippen LogP contribution is -2.39. The summed E-state index contributed by atoms with van der Waals surface area (Å²) in [5, 5.41) is 5.77. The molecular formula is C18H27N3O3. The fraction of sp³-hybridized carbons (Fsp3) is 0.556. The van der Waals surface area contributed by atoms with Gasteiger partial charge < -0.3 is 21.1 Å². The molecule has 0 heterocycles. The average molecular weight is 333 g/mol. The van der Waals surface area contributed by atoms with E-state index in [-0.39, 0.29) is 30.4 Å². The lowest BCUT2D eigenvalue weighted by Gasteiger charge is -2.15. The Morgan fingerprint density at radius 2 is 1.92 bits per heavy atom. The molecule has 0 aliphatic heterocycles. The van der Waals surface area contributed by atoms with Gasteiger partial charge >= 0.3 is 0 Å². The normalized spacial score (nSPS) is 16.1. The summed E-state index contributed by atoms with van der Waals surface area (Å²) in [5.41, 5.74) is 6.81. The number of amides is 2. The molecule has 24 heavy (non-hydrogen) atoms. The van der Waals surface area contributed by atoms with Gasteiger partial charge in [-0.05, 0) is 43.9 Å². The van der Waals surface area contributed by atoms with Crippen molar-refractivity contribution in [1.29, 1.82) is 0 Å². The third-order valence-electron chi connectivity index (χ3n) is 4.15. The monoisotopic (exact) mass is 333 g/mol. The Hall–Kier alpha value is -2.08. The van der Waals surface area contributed by atoms with Crippen LogP contribution < -0.4 is 21.1 Å². The van der Waals surface area contributed by atoms with Crippen molar-refractivity contribution in [3.63, 3.8) is 0 Å². The summed E-state index contributed by atoms with van der Waals surface area (Å²) in [6.07, 6.45) is 2.87. The van der Waals surface area contributed by atoms with Gasteiger partial charge in [0.1, 0.15) is 5.75 Å². The molecule has 2 rings (SSSR count). The van der Waals surface area contributed by atoms with Crippen molar-refractivity contribution >= 4 is 11.8 Å². The van der Waals surface area contributed by atoms with Crippen LogP contribution in [0.5, 0.6) is 5.75 Å². The maximum absolute atomic E-state index is 11.8. The highest BCUT2D eigenvalue weighted by atomic mass is 16.5. The van der Waals surface area contributed by atoms with E-state index in [4.69, 9.17) is 10.5 Å². The molecule has 0 bridgehead atoms. The highest BCUT2D eigenvalue weighted by Crippen LogP contribution is 2.18. The molecule has 1 aromatic rings. The maximum Gasteiger partial charge on any atom is 0.258 e. The zero-order valence-electron chi connectivity index (χ0n) is 14.4. The number of nitrogens with two attached hydrogens (primary N) is 1. The number of nitrogens with one attached hydrogen (secondary N) is 2. The van der Waals surface area contributed by atoms with E-state index in [2.05, 4.69) is 10.6 Å². The van der Waals surface area contributed by atoms with Crippen molar-refractivity contribution in [2.24, 2.45) is 11.7 Å². The SMILES string of the molecule is CC(N)C(C)C(=O)NCCc1ccc(OCC(=O)NC2CC2)cc1. The van der Waals surface area contributed by atoms with Gasteiger partial charge in [0.2, 0.25) is 5.91 Å². The molecule has 1 aliphatic rings. The van der Waals surface area contributed by atoms with E-state index < -0.39 is 0 Å². The molecule has 0 saturated heterocycles. The van der Waals surface area contributed by atoms with Gasteiger partial charge in [-0.25, -0.2) is 0 Å². The van der Waals surface area contributed by atoms with Crippen molar-refractivity contribution in [1.82, 2.24) is 10.6 Å². The summed E-state index contributed by atoms with van der Waals surface area (Å²) in [6.45, 7) is 4.26. The number of carbonyl (C=O) groups is 2. The Bertz CT molecular complexity index is 553. The first-order valence-corrected chi connectivity index (χ1v) is 8.50. The molecule has 0 radical (unpaired) electrons. The molecule has 1 fully saturated rings. The molecule has 0 spiro atoms. The minimum absolute atomic E-state index is 0.0216. The van der Waals surface area contributed by atoms with Crippen LogP contribution in [0.1, 0.15) is 32.3 Å². The smallest absolute Gasteiger partial charge is 0.258 e. The Labute approximate surface area is 143 Å². The zero-order valence-corrected chi connectivity index (χ0v) is 14.4. The number of hydrogen-bond acceptors (Lipinski definition) is 4.